The molecule has 0 radical (unpaired) electrons. The number of fused-ring (bicyclic) bond motifs is 1. The van der Waals surface area contributed by atoms with Crippen molar-refractivity contribution < 1.29 is 0 Å². The average molecular weight is 341 g/mol. The molecule has 4 aromatic rings. The van der Waals surface area contributed by atoms with Crippen molar-refractivity contribution in [3.05, 3.63) is 88.7 Å². The molecule has 0 atom stereocenters. The van der Waals surface area contributed by atoms with Gasteiger partial charge in [0, 0.05) is 24.0 Å². The van der Waals surface area contributed by atoms with Crippen molar-refractivity contribution in [1.82, 2.24) is 9.97 Å². The summed E-state index contributed by atoms with van der Waals surface area (Å²) in [7, 11) is 2.04. The molecule has 26 heavy (non-hydrogen) atoms. The Morgan fingerprint density at radius 2 is 1.46 bits per heavy atom. The van der Waals surface area contributed by atoms with E-state index in [4.69, 9.17) is 0 Å². The zero-order valence-electron chi connectivity index (χ0n) is 14.7. The van der Waals surface area contributed by atoms with E-state index in [1.165, 1.54) is 5.56 Å². The van der Waals surface area contributed by atoms with Gasteiger partial charge in [0.15, 0.2) is 0 Å². The molecule has 1 heterocycles. The summed E-state index contributed by atoms with van der Waals surface area (Å²) in [5, 5.41) is 0.604. The molecule has 1 N–H and O–H groups in total. The van der Waals surface area contributed by atoms with Crippen LogP contribution in [0.1, 0.15) is 5.56 Å². The number of nitrogens with one attached hydrogen (secondary N) is 1. The molecular weight excluding hydrogens is 322 g/mol. The maximum Gasteiger partial charge on any atom is 0.259 e. The van der Waals surface area contributed by atoms with Crippen molar-refractivity contribution in [3.8, 4) is 11.4 Å². The summed E-state index contributed by atoms with van der Waals surface area (Å²) in [6.07, 6.45) is 0. The van der Waals surface area contributed by atoms with Crippen molar-refractivity contribution in [3.63, 3.8) is 0 Å². The van der Waals surface area contributed by atoms with Crippen LogP contribution >= 0.6 is 0 Å². The summed E-state index contributed by atoms with van der Waals surface area (Å²) in [5.41, 5.74) is 4.90. The highest BCUT2D eigenvalue weighted by atomic mass is 16.1. The predicted octanol–water partition coefficient (Wildman–Crippen LogP) is 4.67. The summed E-state index contributed by atoms with van der Waals surface area (Å²) >= 11 is 0. The summed E-state index contributed by atoms with van der Waals surface area (Å²) in [6, 6.07) is 23.8. The van der Waals surface area contributed by atoms with Crippen LogP contribution in [-0.2, 0) is 0 Å². The van der Waals surface area contributed by atoms with E-state index < -0.39 is 0 Å². The van der Waals surface area contributed by atoms with Crippen LogP contribution in [-0.4, -0.2) is 17.0 Å². The number of H-pyrrole nitrogens is 1. The van der Waals surface area contributed by atoms with Crippen molar-refractivity contribution in [2.75, 3.05) is 11.9 Å². The molecule has 3 aromatic carbocycles. The van der Waals surface area contributed by atoms with E-state index in [1.54, 1.807) is 6.07 Å². The van der Waals surface area contributed by atoms with Crippen LogP contribution in [0.3, 0.4) is 0 Å². The molecule has 0 amide bonds. The van der Waals surface area contributed by atoms with Crippen molar-refractivity contribution >= 4 is 22.3 Å². The largest absolute Gasteiger partial charge is 0.345 e. The van der Waals surface area contributed by atoms with Crippen LogP contribution in [0.25, 0.3) is 22.3 Å². The standard InChI is InChI=1S/C22H19N3O/c1-15-7-11-17(12-8-15)25(2)18-13-9-16(10-14-18)21-23-20-6-4-3-5-19(20)22(26)24-21/h3-14H,1-2H3,(H,23,24,26). The van der Waals surface area contributed by atoms with Crippen molar-refractivity contribution in [1.29, 1.82) is 0 Å². The van der Waals surface area contributed by atoms with Gasteiger partial charge in [-0.1, -0.05) is 29.8 Å². The minimum atomic E-state index is -0.119. The predicted molar refractivity (Wildman–Crippen MR) is 107 cm³/mol. The number of para-hydroxylation sites is 1. The molecule has 1 aromatic heterocycles. The van der Waals surface area contributed by atoms with Crippen LogP contribution in [0, 0.1) is 6.92 Å². The third kappa shape index (κ3) is 2.97. The fourth-order valence-corrected chi connectivity index (χ4v) is 2.98. The number of hydrogen-bond donors (Lipinski definition) is 1. The summed E-state index contributed by atoms with van der Waals surface area (Å²) in [5.74, 6) is 0.582. The topological polar surface area (TPSA) is 49.0 Å². The van der Waals surface area contributed by atoms with E-state index >= 15 is 0 Å². The van der Waals surface area contributed by atoms with Crippen LogP contribution in [0.15, 0.2) is 77.6 Å². The molecule has 0 unspecified atom stereocenters. The lowest BCUT2D eigenvalue weighted by molar-refractivity contribution is 1.17. The zero-order chi connectivity index (χ0) is 18.1. The van der Waals surface area contributed by atoms with E-state index in [1.807, 2.05) is 49.5 Å². The molecule has 128 valence electrons. The summed E-state index contributed by atoms with van der Waals surface area (Å²) < 4.78 is 0. The number of anilines is 2. The first-order chi connectivity index (χ1) is 12.6. The second kappa shape index (κ2) is 6.48. The van der Waals surface area contributed by atoms with Gasteiger partial charge < -0.3 is 9.88 Å². The number of benzene rings is 3. The maximum absolute atomic E-state index is 12.3. The van der Waals surface area contributed by atoms with Gasteiger partial charge in [0.25, 0.3) is 5.56 Å². The Bertz CT molecular complexity index is 1110. The van der Waals surface area contributed by atoms with E-state index in [9.17, 15) is 4.79 Å². The maximum atomic E-state index is 12.3. The lowest BCUT2D eigenvalue weighted by Gasteiger charge is -2.20. The third-order valence-corrected chi connectivity index (χ3v) is 4.56. The van der Waals surface area contributed by atoms with Gasteiger partial charge in [-0.15, -0.1) is 0 Å². The summed E-state index contributed by atoms with van der Waals surface area (Å²) in [6.45, 7) is 2.08. The number of nitrogens with zero attached hydrogens (tertiary/aromatic N) is 2. The minimum Gasteiger partial charge on any atom is -0.345 e. The first kappa shape index (κ1) is 16.1. The molecule has 0 aliphatic heterocycles. The van der Waals surface area contributed by atoms with Gasteiger partial charge in [0.2, 0.25) is 0 Å². The lowest BCUT2D eigenvalue weighted by Crippen LogP contribution is -2.10. The highest BCUT2D eigenvalue weighted by Crippen LogP contribution is 2.26. The molecule has 0 bridgehead atoms. The Morgan fingerprint density at radius 3 is 2.15 bits per heavy atom. The monoisotopic (exact) mass is 341 g/mol. The zero-order valence-corrected chi connectivity index (χ0v) is 14.7. The van der Waals surface area contributed by atoms with Crippen LogP contribution in [0.5, 0.6) is 0 Å². The number of aryl methyl sites for hydroxylation is 1. The molecule has 0 fully saturated rings. The average Bonchev–Trinajstić information content (AvgIpc) is 2.68. The van der Waals surface area contributed by atoms with E-state index in [2.05, 4.69) is 46.1 Å². The molecule has 4 nitrogen and oxygen atoms in total. The number of rotatable bonds is 3. The second-order valence-corrected chi connectivity index (χ2v) is 6.37. The highest BCUT2D eigenvalue weighted by molar-refractivity contribution is 5.79. The minimum absolute atomic E-state index is 0.119. The fourth-order valence-electron chi connectivity index (χ4n) is 2.98. The molecule has 0 aliphatic carbocycles. The normalized spacial score (nSPS) is 10.8. The van der Waals surface area contributed by atoms with Gasteiger partial charge in [-0.3, -0.25) is 4.79 Å². The number of aromatic amines is 1. The van der Waals surface area contributed by atoms with Crippen LogP contribution in [0.2, 0.25) is 0 Å². The van der Waals surface area contributed by atoms with Crippen molar-refractivity contribution in [2.45, 2.75) is 6.92 Å². The Hall–Kier alpha value is -3.40. The smallest absolute Gasteiger partial charge is 0.259 e. The second-order valence-electron chi connectivity index (χ2n) is 6.37. The molecule has 4 rings (SSSR count). The van der Waals surface area contributed by atoms with Gasteiger partial charge in [0.1, 0.15) is 5.82 Å². The summed E-state index contributed by atoms with van der Waals surface area (Å²) in [4.78, 5) is 21.8. The van der Waals surface area contributed by atoms with Gasteiger partial charge in [-0.25, -0.2) is 4.98 Å². The Labute approximate surface area is 151 Å². The first-order valence-electron chi connectivity index (χ1n) is 8.52. The third-order valence-electron chi connectivity index (χ3n) is 4.56. The molecular formula is C22H19N3O. The van der Waals surface area contributed by atoms with Crippen LogP contribution in [0.4, 0.5) is 11.4 Å². The van der Waals surface area contributed by atoms with Gasteiger partial charge in [0.05, 0.1) is 10.9 Å². The Morgan fingerprint density at radius 1 is 0.846 bits per heavy atom. The van der Waals surface area contributed by atoms with E-state index in [-0.39, 0.29) is 5.56 Å². The molecule has 0 spiro atoms. The lowest BCUT2D eigenvalue weighted by atomic mass is 10.1. The molecule has 0 saturated heterocycles. The molecule has 0 saturated carbocycles. The first-order valence-corrected chi connectivity index (χ1v) is 8.52. The quantitative estimate of drug-likeness (QED) is 0.589. The van der Waals surface area contributed by atoms with Gasteiger partial charge >= 0.3 is 0 Å². The number of aromatic nitrogens is 2. The van der Waals surface area contributed by atoms with Crippen molar-refractivity contribution in [2.24, 2.45) is 0 Å². The Kier molecular flexibility index (Phi) is 4.01. The highest BCUT2D eigenvalue weighted by Gasteiger charge is 2.08. The van der Waals surface area contributed by atoms with E-state index in [0.717, 1.165) is 16.9 Å². The van der Waals surface area contributed by atoms with Crippen LogP contribution < -0.4 is 10.5 Å². The fraction of sp³-hybridized carbons (Fsp3) is 0.0909. The SMILES string of the molecule is Cc1ccc(N(C)c2ccc(-c3nc4ccccc4c(=O)[nH]3)cc2)cc1. The molecule has 0 aliphatic rings. The van der Waals surface area contributed by atoms with E-state index in [0.29, 0.717) is 16.7 Å². The number of hydrogen-bond acceptors (Lipinski definition) is 3. The van der Waals surface area contributed by atoms with Gasteiger partial charge in [-0.2, -0.15) is 0 Å². The molecule has 4 heteroatoms. The van der Waals surface area contributed by atoms with Gasteiger partial charge in [-0.05, 0) is 55.5 Å². The Balaban J connectivity index is 1.67.